The van der Waals surface area contributed by atoms with Gasteiger partial charge in [-0.05, 0) is 89.5 Å². The van der Waals surface area contributed by atoms with Crippen LogP contribution in [-0.2, 0) is 4.79 Å². The first-order valence-corrected chi connectivity index (χ1v) is 22.2. The van der Waals surface area contributed by atoms with Crippen LogP contribution in [0.25, 0.3) is 0 Å². The minimum atomic E-state index is -0.395. The van der Waals surface area contributed by atoms with Crippen molar-refractivity contribution in [2.75, 3.05) is 13.1 Å². The highest BCUT2D eigenvalue weighted by Crippen LogP contribution is 2.20. The van der Waals surface area contributed by atoms with Crippen molar-refractivity contribution in [2.24, 2.45) is 17.4 Å². The number of hydrogen-bond acceptors (Lipinski definition) is 3. The van der Waals surface area contributed by atoms with E-state index in [1.165, 1.54) is 199 Å². The van der Waals surface area contributed by atoms with E-state index in [1.807, 2.05) is 0 Å². The van der Waals surface area contributed by atoms with Gasteiger partial charge in [-0.25, -0.2) is 0 Å². The van der Waals surface area contributed by atoms with Crippen molar-refractivity contribution in [1.82, 2.24) is 5.32 Å². The summed E-state index contributed by atoms with van der Waals surface area (Å²) < 4.78 is 0. The molecule has 2 atom stereocenters. The fourth-order valence-electron chi connectivity index (χ4n) is 6.90. The molecule has 0 saturated carbocycles. The number of carbonyl (C=O) groups excluding carboxylic acids is 1. The van der Waals surface area contributed by atoms with Crippen LogP contribution < -0.4 is 16.8 Å². The molecule has 0 aliphatic carbocycles. The average molecular weight is 688 g/mol. The summed E-state index contributed by atoms with van der Waals surface area (Å²) in [7, 11) is 0. The van der Waals surface area contributed by atoms with E-state index in [9.17, 15) is 4.79 Å². The number of nitrogens with two attached hydrogens (primary N) is 2. The van der Waals surface area contributed by atoms with E-state index in [-0.39, 0.29) is 5.91 Å². The van der Waals surface area contributed by atoms with Gasteiger partial charge < -0.3 is 16.8 Å². The molecule has 0 aromatic carbocycles. The maximum atomic E-state index is 12.6. The Morgan fingerprint density at radius 3 is 1.16 bits per heavy atom. The molecule has 4 heteroatoms. The van der Waals surface area contributed by atoms with E-state index < -0.39 is 6.04 Å². The van der Waals surface area contributed by atoms with Gasteiger partial charge in [0.25, 0.3) is 0 Å². The lowest BCUT2D eigenvalue weighted by Gasteiger charge is -2.19. The first kappa shape index (κ1) is 47.9. The van der Waals surface area contributed by atoms with E-state index in [0.717, 1.165) is 25.8 Å². The van der Waals surface area contributed by atoms with Crippen LogP contribution in [0, 0.1) is 5.92 Å². The van der Waals surface area contributed by atoms with E-state index in [2.05, 4.69) is 43.5 Å². The Morgan fingerprint density at radius 2 is 0.796 bits per heavy atom. The van der Waals surface area contributed by atoms with Gasteiger partial charge >= 0.3 is 0 Å². The number of allylic oxidation sites excluding steroid dienone is 4. The predicted molar refractivity (Wildman–Crippen MR) is 220 cm³/mol. The van der Waals surface area contributed by atoms with Crippen LogP contribution >= 0.6 is 0 Å². The molecule has 0 aliphatic heterocycles. The fourth-order valence-corrected chi connectivity index (χ4v) is 6.90. The lowest BCUT2D eigenvalue weighted by Crippen LogP contribution is -2.42. The SMILES string of the molecule is CCCCCCCCC=CCCCCCCCCCC(CCCCCCCCC=CCCCCCCCC)CNC(=O)[C@@H](N)CCCCN. The summed E-state index contributed by atoms with van der Waals surface area (Å²) in [4.78, 5) is 12.6. The maximum absolute atomic E-state index is 12.6. The van der Waals surface area contributed by atoms with Gasteiger partial charge in [-0.2, -0.15) is 0 Å². The van der Waals surface area contributed by atoms with E-state index in [1.54, 1.807) is 0 Å². The molecule has 0 bridgehead atoms. The van der Waals surface area contributed by atoms with Gasteiger partial charge in [-0.15, -0.1) is 0 Å². The van der Waals surface area contributed by atoms with Crippen molar-refractivity contribution < 1.29 is 4.79 Å². The molecule has 4 nitrogen and oxygen atoms in total. The quantitative estimate of drug-likeness (QED) is 0.0443. The van der Waals surface area contributed by atoms with Gasteiger partial charge in [0, 0.05) is 6.54 Å². The number of hydrogen-bond donors (Lipinski definition) is 3. The van der Waals surface area contributed by atoms with Crippen LogP contribution in [0.4, 0.5) is 0 Å². The highest BCUT2D eigenvalue weighted by Gasteiger charge is 2.15. The molecule has 5 N–H and O–H groups in total. The zero-order valence-electron chi connectivity index (χ0n) is 33.5. The molecular weight excluding hydrogens is 599 g/mol. The highest BCUT2D eigenvalue weighted by molar-refractivity contribution is 5.81. The van der Waals surface area contributed by atoms with Gasteiger partial charge in [-0.3, -0.25) is 4.79 Å². The summed E-state index contributed by atoms with van der Waals surface area (Å²) in [5.41, 5.74) is 11.8. The van der Waals surface area contributed by atoms with E-state index >= 15 is 0 Å². The van der Waals surface area contributed by atoms with Gasteiger partial charge in [0.15, 0.2) is 0 Å². The Balaban J connectivity index is 4.05. The van der Waals surface area contributed by atoms with Crippen molar-refractivity contribution in [3.05, 3.63) is 24.3 Å². The second-order valence-electron chi connectivity index (χ2n) is 15.3. The second-order valence-corrected chi connectivity index (χ2v) is 15.3. The number of nitrogens with one attached hydrogen (secondary N) is 1. The largest absolute Gasteiger partial charge is 0.354 e. The summed E-state index contributed by atoms with van der Waals surface area (Å²) in [6.45, 7) is 6.04. The maximum Gasteiger partial charge on any atom is 0.236 e. The molecule has 0 aromatic heterocycles. The molecule has 0 rings (SSSR count). The summed E-state index contributed by atoms with van der Waals surface area (Å²) in [5, 5.41) is 3.21. The third kappa shape index (κ3) is 37.9. The highest BCUT2D eigenvalue weighted by atomic mass is 16.2. The van der Waals surface area contributed by atoms with Crippen molar-refractivity contribution in [3.8, 4) is 0 Å². The molecule has 0 heterocycles. The Hall–Kier alpha value is -1.13. The van der Waals surface area contributed by atoms with Crippen LogP contribution in [0.3, 0.4) is 0 Å². The minimum absolute atomic E-state index is 0.0281. The first-order chi connectivity index (χ1) is 24.2. The Bertz CT molecular complexity index is 705. The molecule has 0 fully saturated rings. The van der Waals surface area contributed by atoms with Crippen LogP contribution in [-0.4, -0.2) is 25.0 Å². The van der Waals surface area contributed by atoms with E-state index in [4.69, 9.17) is 11.5 Å². The zero-order valence-corrected chi connectivity index (χ0v) is 33.5. The van der Waals surface area contributed by atoms with Crippen LogP contribution in [0.2, 0.25) is 0 Å². The average Bonchev–Trinajstić information content (AvgIpc) is 3.11. The first-order valence-electron chi connectivity index (χ1n) is 22.2. The Morgan fingerprint density at radius 1 is 0.469 bits per heavy atom. The van der Waals surface area contributed by atoms with Crippen molar-refractivity contribution in [3.63, 3.8) is 0 Å². The molecular formula is C45H89N3O. The number of carbonyl (C=O) groups is 1. The third-order valence-corrected chi connectivity index (χ3v) is 10.4. The van der Waals surface area contributed by atoms with Gasteiger partial charge in [0.05, 0.1) is 6.04 Å². The van der Waals surface area contributed by atoms with Gasteiger partial charge in [-0.1, -0.05) is 179 Å². The molecule has 0 radical (unpaired) electrons. The molecule has 0 spiro atoms. The third-order valence-electron chi connectivity index (χ3n) is 10.4. The molecule has 49 heavy (non-hydrogen) atoms. The van der Waals surface area contributed by atoms with Crippen LogP contribution in [0.5, 0.6) is 0 Å². The molecule has 290 valence electrons. The monoisotopic (exact) mass is 688 g/mol. The molecule has 1 unspecified atom stereocenters. The number of unbranched alkanes of at least 4 members (excludes halogenated alkanes) is 26. The normalized spacial score (nSPS) is 13.1. The second kappa shape index (κ2) is 41.3. The fraction of sp³-hybridized carbons (Fsp3) is 0.889. The minimum Gasteiger partial charge on any atom is -0.354 e. The zero-order chi connectivity index (χ0) is 35.7. The molecule has 0 aromatic rings. The van der Waals surface area contributed by atoms with Gasteiger partial charge in [0.1, 0.15) is 0 Å². The summed E-state index contributed by atoms with van der Waals surface area (Å²) in [6, 6.07) is -0.395. The Kier molecular flexibility index (Phi) is 40.3. The summed E-state index contributed by atoms with van der Waals surface area (Å²) in [6.07, 6.45) is 54.0. The topological polar surface area (TPSA) is 81.1 Å². The number of amides is 1. The lowest BCUT2D eigenvalue weighted by molar-refractivity contribution is -0.122. The Labute approximate surface area is 308 Å². The summed E-state index contributed by atoms with van der Waals surface area (Å²) >= 11 is 0. The standard InChI is InChI=1S/C45H89N3O/c1-3-5-7-9-11-13-15-17-19-21-23-25-27-29-31-33-35-39-43(42-48-45(49)44(47)40-36-37-41-46)38-34-32-30-28-26-24-22-20-18-16-14-12-10-8-6-4-2/h17-20,43-44H,3-16,21-42,46-47H2,1-2H3,(H,48,49)/t43?,44-/m0/s1. The van der Waals surface area contributed by atoms with Crippen molar-refractivity contribution in [1.29, 1.82) is 0 Å². The predicted octanol–water partition coefficient (Wildman–Crippen LogP) is 13.4. The van der Waals surface area contributed by atoms with E-state index in [0.29, 0.717) is 12.5 Å². The van der Waals surface area contributed by atoms with Gasteiger partial charge in [0.2, 0.25) is 5.91 Å². The smallest absolute Gasteiger partial charge is 0.236 e. The van der Waals surface area contributed by atoms with Crippen LogP contribution in [0.1, 0.15) is 232 Å². The van der Waals surface area contributed by atoms with Crippen molar-refractivity contribution >= 4 is 5.91 Å². The lowest BCUT2D eigenvalue weighted by atomic mass is 9.93. The number of rotatable bonds is 40. The summed E-state index contributed by atoms with van der Waals surface area (Å²) in [5.74, 6) is 0.611. The van der Waals surface area contributed by atoms with Crippen LogP contribution in [0.15, 0.2) is 24.3 Å². The molecule has 0 aliphatic rings. The molecule has 1 amide bonds. The molecule has 0 saturated heterocycles. The van der Waals surface area contributed by atoms with Crippen molar-refractivity contribution in [2.45, 2.75) is 238 Å².